The Bertz CT molecular complexity index is 1950. The third-order valence-electron chi connectivity index (χ3n) is 7.28. The molecule has 0 aromatic carbocycles. The van der Waals surface area contributed by atoms with Crippen molar-refractivity contribution in [3.05, 3.63) is 29.3 Å². The highest BCUT2D eigenvalue weighted by Gasteiger charge is 2.54. The van der Waals surface area contributed by atoms with Crippen molar-refractivity contribution in [1.29, 1.82) is 0 Å². The van der Waals surface area contributed by atoms with Crippen LogP contribution in [0.1, 0.15) is 12.5 Å². The summed E-state index contributed by atoms with van der Waals surface area (Å²) in [5.74, 6) is -0.193. The van der Waals surface area contributed by atoms with Gasteiger partial charge in [-0.05, 0) is 0 Å². The average Bonchev–Trinajstić information content (AvgIpc) is 3.72. The fourth-order valence-corrected chi connectivity index (χ4v) is 8.20. The number of fused-ring (bicyclic) bond motifs is 5. The minimum absolute atomic E-state index is 0.0443. The van der Waals surface area contributed by atoms with Gasteiger partial charge >= 0.3 is 13.6 Å². The standard InChI is InChI=1S/C20H23FN10O10P2S2/c21-8-12-7(39-18(8)30-4-26-9-14(22)24-3-25-15(9)30)2-37-43(35,45)41-13-11(32)6(1-36-42(34,44)40-12)38-19(13)31-5-27-10-16(31)28-20(23)29-17(10)33/h3-8,11-13,18-19,32H,1-2H2,(H,34,44)(H,35,45)(H2,22,24,25)(H3,23,28,29,33)/t6-,7-,8-,11-,12-,13-,18-,19-,42-,43-/m1/s1. The van der Waals surface area contributed by atoms with Crippen LogP contribution in [-0.4, -0.2) is 94.0 Å². The molecule has 10 atom stereocenters. The van der Waals surface area contributed by atoms with Gasteiger partial charge in [-0.1, -0.05) is 24.5 Å². The molecular formula is C20H23FN10O10P2S2. The lowest BCUT2D eigenvalue weighted by atomic mass is 10.1. The Morgan fingerprint density at radius 3 is 2.27 bits per heavy atom. The van der Waals surface area contributed by atoms with Crippen molar-refractivity contribution in [2.24, 2.45) is 0 Å². The van der Waals surface area contributed by atoms with Gasteiger partial charge in [0, 0.05) is 0 Å². The first-order chi connectivity index (χ1) is 21.3. The van der Waals surface area contributed by atoms with E-state index in [1.807, 2.05) is 0 Å². The first-order valence-electron chi connectivity index (χ1n) is 12.9. The second kappa shape index (κ2) is 11.2. The van der Waals surface area contributed by atoms with Crippen LogP contribution in [0.25, 0.3) is 22.3 Å². The Morgan fingerprint density at radius 1 is 0.911 bits per heavy atom. The van der Waals surface area contributed by atoms with Crippen LogP contribution >= 0.6 is 38.1 Å². The number of nitrogens with one attached hydrogen (secondary N) is 1. The number of aromatic amines is 1. The maximum Gasteiger partial charge on any atom is 0.386 e. The highest BCUT2D eigenvalue weighted by molar-refractivity contribution is 8.44. The number of aliphatic hydroxyl groups excluding tert-OH is 1. The Hall–Kier alpha value is -2.69. The number of hydrogen-bond acceptors (Lipinski definition) is 17. The van der Waals surface area contributed by atoms with Crippen molar-refractivity contribution in [3.8, 4) is 0 Å². The van der Waals surface area contributed by atoms with E-state index < -0.39 is 81.5 Å². The number of aliphatic hydroxyl groups is 1. The van der Waals surface area contributed by atoms with E-state index in [0.717, 1.165) is 6.33 Å². The van der Waals surface area contributed by atoms with Crippen LogP contribution in [-0.2, 0) is 36.7 Å². The van der Waals surface area contributed by atoms with Gasteiger partial charge in [0.05, 0.1) is 25.9 Å². The van der Waals surface area contributed by atoms with E-state index in [-0.39, 0.29) is 34.1 Å². The number of H-pyrrole nitrogens is 1. The molecule has 0 amide bonds. The average molecular weight is 709 g/mol. The molecular weight excluding hydrogens is 685 g/mol. The van der Waals surface area contributed by atoms with Crippen molar-refractivity contribution in [2.45, 2.75) is 49.1 Å². The molecule has 2 bridgehead atoms. The number of hydrogen-bond donors (Lipinski definition) is 6. The summed E-state index contributed by atoms with van der Waals surface area (Å²) in [5, 5.41) is 11.1. The third-order valence-corrected chi connectivity index (χ3v) is 10.5. The molecule has 45 heavy (non-hydrogen) atoms. The summed E-state index contributed by atoms with van der Waals surface area (Å²) < 4.78 is 79.0. The molecule has 3 fully saturated rings. The van der Waals surface area contributed by atoms with Crippen LogP contribution in [0, 0.1) is 0 Å². The lowest BCUT2D eigenvalue weighted by molar-refractivity contribution is -0.0568. The predicted molar refractivity (Wildman–Crippen MR) is 156 cm³/mol. The number of ether oxygens (including phenoxy) is 2. The Morgan fingerprint density at radius 2 is 1.53 bits per heavy atom. The van der Waals surface area contributed by atoms with E-state index in [9.17, 15) is 19.0 Å². The molecule has 4 aromatic heterocycles. The highest BCUT2D eigenvalue weighted by atomic mass is 32.7. The van der Waals surface area contributed by atoms with Gasteiger partial charge in [0.25, 0.3) is 5.56 Å². The summed E-state index contributed by atoms with van der Waals surface area (Å²) in [4.78, 5) is 34.7. The zero-order chi connectivity index (χ0) is 31.8. The fraction of sp³-hybridized carbons (Fsp3) is 0.500. The van der Waals surface area contributed by atoms with E-state index in [4.69, 9.17) is 39.0 Å². The van der Waals surface area contributed by atoms with Gasteiger partial charge in [0.1, 0.15) is 42.4 Å². The number of thiol groups is 2. The molecule has 3 saturated heterocycles. The molecule has 25 heteroatoms. The van der Waals surface area contributed by atoms with Crippen LogP contribution in [0.2, 0.25) is 0 Å². The maximum absolute atomic E-state index is 16.0. The number of alkyl halides is 1. The number of nitrogens with zero attached hydrogens (tertiary/aromatic N) is 7. The largest absolute Gasteiger partial charge is 0.387 e. The van der Waals surface area contributed by atoms with Crippen LogP contribution in [0.15, 0.2) is 23.8 Å². The maximum atomic E-state index is 16.0. The van der Waals surface area contributed by atoms with E-state index in [0.29, 0.717) is 0 Å². The van der Waals surface area contributed by atoms with Gasteiger partial charge in [0.2, 0.25) is 5.95 Å². The Kier molecular flexibility index (Phi) is 7.72. The van der Waals surface area contributed by atoms with Crippen molar-refractivity contribution in [2.75, 3.05) is 24.7 Å². The Labute approximate surface area is 260 Å². The summed E-state index contributed by atoms with van der Waals surface area (Å²) in [5.41, 5.74) is 11.0. The summed E-state index contributed by atoms with van der Waals surface area (Å²) >= 11 is 8.03. The molecule has 7 heterocycles. The second-order valence-electron chi connectivity index (χ2n) is 10.1. The molecule has 6 N–H and O–H groups in total. The fourth-order valence-electron chi connectivity index (χ4n) is 5.26. The van der Waals surface area contributed by atoms with Crippen molar-refractivity contribution in [1.82, 2.24) is 39.0 Å². The molecule has 0 saturated carbocycles. The minimum Gasteiger partial charge on any atom is -0.387 e. The van der Waals surface area contributed by atoms with Crippen molar-refractivity contribution in [3.63, 3.8) is 0 Å². The normalized spacial score (nSPS) is 37.7. The summed E-state index contributed by atoms with van der Waals surface area (Å²) in [6.45, 7) is -10.1. The van der Waals surface area contributed by atoms with Gasteiger partial charge in [-0.2, -0.15) is 4.98 Å². The molecule has 3 aliphatic rings. The number of imidazole rings is 2. The molecule has 0 unspecified atom stereocenters. The number of anilines is 2. The molecule has 20 nitrogen and oxygen atoms in total. The van der Waals surface area contributed by atoms with Crippen LogP contribution < -0.4 is 17.0 Å². The number of nitrogens with two attached hydrogens (primary N) is 2. The molecule has 0 spiro atoms. The highest BCUT2D eigenvalue weighted by Crippen LogP contribution is 2.60. The smallest absolute Gasteiger partial charge is 0.386 e. The van der Waals surface area contributed by atoms with Crippen LogP contribution in [0.3, 0.4) is 0 Å². The van der Waals surface area contributed by atoms with Crippen LogP contribution in [0.5, 0.6) is 0 Å². The predicted octanol–water partition coefficient (Wildman–Crippen LogP) is 0.511. The molecule has 242 valence electrons. The van der Waals surface area contributed by atoms with Crippen molar-refractivity contribution >= 4 is 72.2 Å². The lowest BCUT2D eigenvalue weighted by Gasteiger charge is -2.26. The van der Waals surface area contributed by atoms with Gasteiger partial charge in [0.15, 0.2) is 41.3 Å². The molecule has 4 aromatic rings. The first kappa shape index (κ1) is 30.9. The summed E-state index contributed by atoms with van der Waals surface area (Å²) in [6.07, 6.45) is -8.75. The van der Waals surface area contributed by atoms with Crippen molar-refractivity contribution < 1.29 is 46.2 Å². The van der Waals surface area contributed by atoms with E-state index in [2.05, 4.69) is 54.4 Å². The zero-order valence-electron chi connectivity index (χ0n) is 22.3. The Balaban J connectivity index is 1.21. The monoisotopic (exact) mass is 708 g/mol. The molecule has 7 rings (SSSR count). The first-order valence-corrected chi connectivity index (χ1v) is 18.3. The molecule has 0 aliphatic carbocycles. The second-order valence-corrected chi connectivity index (χ2v) is 15.8. The van der Waals surface area contributed by atoms with Gasteiger partial charge in [-0.25, -0.2) is 33.5 Å². The number of rotatable bonds is 2. The number of nitrogen functional groups attached to an aromatic ring is 2. The quantitative estimate of drug-likeness (QED) is 0.122. The molecule has 3 aliphatic heterocycles. The third kappa shape index (κ3) is 5.54. The molecule has 0 radical (unpaired) electrons. The SMILES string of the molecule is Nc1nc2c(ncn2[C@@H]2O[C@@H]3CO[P@@](=O)(S)O[C@H]4[C@@H](F)[C@H](n5cnc6c(N)ncnc65)O[C@@H]4CO[P@@](=O)(S)O[C@@H]2[C@@H]3O)c(=O)[nH]1. The van der Waals surface area contributed by atoms with E-state index in [1.54, 1.807) is 0 Å². The number of aromatic nitrogens is 8. The lowest BCUT2D eigenvalue weighted by Crippen LogP contribution is -2.35. The van der Waals surface area contributed by atoms with Gasteiger partial charge in [-0.15, -0.1) is 0 Å². The number of halogens is 1. The van der Waals surface area contributed by atoms with Crippen LogP contribution in [0.4, 0.5) is 16.2 Å². The van der Waals surface area contributed by atoms with E-state index in [1.165, 1.54) is 21.8 Å². The zero-order valence-corrected chi connectivity index (χ0v) is 25.9. The van der Waals surface area contributed by atoms with Gasteiger partial charge in [-0.3, -0.25) is 37.0 Å². The summed E-state index contributed by atoms with van der Waals surface area (Å²) in [7, 11) is 0. The topological polar surface area (TPSA) is 269 Å². The van der Waals surface area contributed by atoms with Gasteiger partial charge < -0.3 is 26.0 Å². The van der Waals surface area contributed by atoms with E-state index >= 15 is 4.39 Å². The summed E-state index contributed by atoms with van der Waals surface area (Å²) in [6, 6.07) is 0. The minimum atomic E-state index is -4.42.